The largest absolute Gasteiger partial charge is 0.422 e. The Morgan fingerprint density at radius 3 is 0.682 bits per heavy atom. The molecule has 4 heterocycles. The lowest BCUT2D eigenvalue weighted by Crippen LogP contribution is -2.62. The summed E-state index contributed by atoms with van der Waals surface area (Å²) in [6.45, 7) is 42.4. The lowest BCUT2D eigenvalue weighted by Gasteiger charge is -2.49. The summed E-state index contributed by atoms with van der Waals surface area (Å²) < 4.78 is 25.5. The van der Waals surface area contributed by atoms with Gasteiger partial charge in [-0.1, -0.05) is 55.4 Å². The van der Waals surface area contributed by atoms with E-state index in [1.165, 1.54) is 12.1 Å². The zero-order chi connectivity index (χ0) is 50.0. The van der Waals surface area contributed by atoms with Crippen molar-refractivity contribution in [2.24, 2.45) is 47.3 Å². The number of benzene rings is 1. The Bertz CT molecular complexity index is 1710. The van der Waals surface area contributed by atoms with Crippen molar-refractivity contribution >= 4 is 23.9 Å². The summed E-state index contributed by atoms with van der Waals surface area (Å²) in [4.78, 5) is 58.3. The lowest BCUT2D eigenvalue weighted by molar-refractivity contribution is -0.146. The molecule has 0 amide bonds. The standard InChI is InChI=1S/C54H90N4O8/c1-31(2)51(17)27-35(23-47(9,10)55-51)43(59)63-39-21-41(65-45(61)37-25-49(13,14)57-53(19,29-37)33(5)6)42(66-46(62)38-26-50(15,16)58-54(20,30-38)34(7)8)22-40(39)64-44(60)36-24-48(11,12)56-52(18,28-36)32(3)4/h21-22,31-38,55-58H,23-30H2,1-20H3. The summed E-state index contributed by atoms with van der Waals surface area (Å²) in [6.07, 6.45) is 4.17. The Kier molecular flexibility index (Phi) is 15.3. The van der Waals surface area contributed by atoms with Crippen molar-refractivity contribution in [3.05, 3.63) is 12.1 Å². The zero-order valence-corrected chi connectivity index (χ0v) is 44.7. The Morgan fingerprint density at radius 2 is 0.530 bits per heavy atom. The Labute approximate surface area is 398 Å². The van der Waals surface area contributed by atoms with Crippen molar-refractivity contribution in [3.63, 3.8) is 0 Å². The topological polar surface area (TPSA) is 153 Å². The number of piperidine rings is 4. The smallest absolute Gasteiger partial charge is 0.314 e. The molecule has 4 fully saturated rings. The highest BCUT2D eigenvalue weighted by Crippen LogP contribution is 2.47. The fraction of sp³-hybridized carbons (Fsp3) is 0.815. The van der Waals surface area contributed by atoms with Crippen LogP contribution in [-0.2, 0) is 19.2 Å². The molecule has 4 N–H and O–H groups in total. The van der Waals surface area contributed by atoms with Crippen molar-refractivity contribution in [2.45, 2.75) is 234 Å². The normalized spacial score (nSPS) is 33.9. The molecule has 5 rings (SSSR count). The van der Waals surface area contributed by atoms with E-state index in [2.05, 4.69) is 160 Å². The number of carbonyl (C=O) groups excluding carboxylic acids is 4. The first-order chi connectivity index (χ1) is 29.9. The van der Waals surface area contributed by atoms with Crippen molar-refractivity contribution in [2.75, 3.05) is 0 Å². The van der Waals surface area contributed by atoms with E-state index in [4.69, 9.17) is 18.9 Å². The quantitative estimate of drug-likeness (QED) is 0.117. The van der Waals surface area contributed by atoms with Crippen LogP contribution in [0.3, 0.4) is 0 Å². The second-order valence-corrected chi connectivity index (χ2v) is 26.2. The van der Waals surface area contributed by atoms with Gasteiger partial charge in [-0.3, -0.25) is 19.2 Å². The van der Waals surface area contributed by atoms with Crippen LogP contribution in [0.5, 0.6) is 23.0 Å². The molecular formula is C54H90N4O8. The van der Waals surface area contributed by atoms with Crippen molar-refractivity contribution in [3.8, 4) is 23.0 Å². The van der Waals surface area contributed by atoms with Crippen molar-refractivity contribution < 1.29 is 38.1 Å². The highest BCUT2D eigenvalue weighted by Gasteiger charge is 2.50. The van der Waals surface area contributed by atoms with Crippen LogP contribution in [0.25, 0.3) is 0 Å². The predicted octanol–water partition coefficient (Wildman–Crippen LogP) is 10.1. The monoisotopic (exact) mass is 923 g/mol. The van der Waals surface area contributed by atoms with E-state index in [0.29, 0.717) is 51.4 Å². The summed E-state index contributed by atoms with van der Waals surface area (Å²) in [5.41, 5.74) is -2.91. The molecule has 12 heteroatoms. The fourth-order valence-corrected chi connectivity index (χ4v) is 12.1. The molecular weight excluding hydrogens is 833 g/mol. The molecule has 4 aliphatic heterocycles. The Balaban J connectivity index is 1.63. The van der Waals surface area contributed by atoms with Gasteiger partial charge in [0.25, 0.3) is 0 Å². The molecule has 0 radical (unpaired) electrons. The summed E-state index contributed by atoms with van der Waals surface area (Å²) >= 11 is 0. The van der Waals surface area contributed by atoms with Crippen molar-refractivity contribution in [1.29, 1.82) is 0 Å². The minimum absolute atomic E-state index is 0.0774. The molecule has 0 spiro atoms. The summed E-state index contributed by atoms with van der Waals surface area (Å²) in [6, 6.07) is 2.83. The number of hydrogen-bond donors (Lipinski definition) is 4. The second-order valence-electron chi connectivity index (χ2n) is 26.2. The maximum atomic E-state index is 14.6. The number of nitrogens with one attached hydrogen (secondary N) is 4. The SMILES string of the molecule is CC(C)C1(C)CC(C(=O)Oc2cc(OC(=O)C3CC(C)(C)NC(C)(C(C)C)C3)c(OC(=O)C3CC(C)(C)NC(C)(C(C)C)C3)cc2OC(=O)C2CC(C)(C)NC(C)(C(C)C)C2)CC(C)(C)N1. The summed E-state index contributed by atoms with van der Waals surface area (Å²) in [5.74, 6) is -3.36. The van der Waals surface area contributed by atoms with Gasteiger partial charge in [-0.05, 0) is 158 Å². The van der Waals surface area contributed by atoms with Gasteiger partial charge < -0.3 is 40.2 Å². The first kappa shape index (κ1) is 53.9. The molecule has 66 heavy (non-hydrogen) atoms. The van der Waals surface area contributed by atoms with Gasteiger partial charge in [0.2, 0.25) is 0 Å². The van der Waals surface area contributed by atoms with Crippen LogP contribution in [-0.4, -0.2) is 68.2 Å². The Hall–Kier alpha value is -3.06. The summed E-state index contributed by atoms with van der Waals surface area (Å²) in [5, 5.41) is 15.1. The van der Waals surface area contributed by atoms with Crippen LogP contribution in [0.2, 0.25) is 0 Å². The maximum Gasteiger partial charge on any atom is 0.314 e. The van der Waals surface area contributed by atoms with Gasteiger partial charge >= 0.3 is 23.9 Å². The van der Waals surface area contributed by atoms with E-state index >= 15 is 0 Å². The van der Waals surface area contributed by atoms with Gasteiger partial charge in [0.1, 0.15) is 0 Å². The van der Waals surface area contributed by atoms with Gasteiger partial charge in [-0.25, -0.2) is 0 Å². The van der Waals surface area contributed by atoms with E-state index in [9.17, 15) is 19.2 Å². The van der Waals surface area contributed by atoms with Gasteiger partial charge in [0.15, 0.2) is 23.0 Å². The predicted molar refractivity (Wildman–Crippen MR) is 262 cm³/mol. The summed E-state index contributed by atoms with van der Waals surface area (Å²) in [7, 11) is 0. The van der Waals surface area contributed by atoms with Crippen LogP contribution in [0.15, 0.2) is 12.1 Å². The Morgan fingerprint density at radius 1 is 0.364 bits per heavy atom. The highest BCUT2D eigenvalue weighted by atomic mass is 16.6. The van der Waals surface area contributed by atoms with Crippen LogP contribution >= 0.6 is 0 Å². The molecule has 0 aromatic heterocycles. The number of esters is 4. The number of ether oxygens (including phenoxy) is 4. The van der Waals surface area contributed by atoms with Gasteiger partial charge in [-0.15, -0.1) is 0 Å². The molecule has 1 aromatic carbocycles. The minimum atomic E-state index is -0.498. The minimum Gasteiger partial charge on any atom is -0.422 e. The van der Waals surface area contributed by atoms with Gasteiger partial charge in [0, 0.05) is 56.4 Å². The van der Waals surface area contributed by atoms with Gasteiger partial charge in [0.05, 0.1) is 23.7 Å². The van der Waals surface area contributed by atoms with E-state index in [-0.39, 0.29) is 91.0 Å². The molecule has 0 aliphatic carbocycles. The first-order valence-corrected chi connectivity index (χ1v) is 25.1. The second kappa shape index (κ2) is 18.7. The third-order valence-corrected chi connectivity index (χ3v) is 16.5. The molecule has 8 atom stereocenters. The third-order valence-electron chi connectivity index (χ3n) is 16.5. The fourth-order valence-electron chi connectivity index (χ4n) is 12.1. The van der Waals surface area contributed by atoms with E-state index in [0.717, 1.165) is 0 Å². The van der Waals surface area contributed by atoms with E-state index < -0.39 is 47.5 Å². The molecule has 0 bridgehead atoms. The molecule has 0 saturated carbocycles. The average molecular weight is 923 g/mol. The number of rotatable bonds is 12. The molecule has 4 aliphatic rings. The van der Waals surface area contributed by atoms with E-state index in [1.54, 1.807) is 0 Å². The lowest BCUT2D eigenvalue weighted by atomic mass is 9.70. The molecule has 4 saturated heterocycles. The number of hydrogen-bond acceptors (Lipinski definition) is 12. The molecule has 1 aromatic rings. The zero-order valence-electron chi connectivity index (χ0n) is 44.7. The van der Waals surface area contributed by atoms with Crippen molar-refractivity contribution in [1.82, 2.24) is 21.3 Å². The first-order valence-electron chi connectivity index (χ1n) is 25.1. The van der Waals surface area contributed by atoms with Gasteiger partial charge in [-0.2, -0.15) is 0 Å². The maximum absolute atomic E-state index is 14.6. The third kappa shape index (κ3) is 12.4. The average Bonchev–Trinajstić information content (AvgIpc) is 3.13. The van der Waals surface area contributed by atoms with E-state index in [1.807, 2.05) is 0 Å². The van der Waals surface area contributed by atoms with Crippen LogP contribution in [0, 0.1) is 47.3 Å². The molecule has 374 valence electrons. The highest BCUT2D eigenvalue weighted by molar-refractivity contribution is 5.83. The van der Waals surface area contributed by atoms with Crippen LogP contribution in [0.4, 0.5) is 0 Å². The molecule has 12 nitrogen and oxygen atoms in total. The number of carbonyl (C=O) groups is 4. The molecule has 8 unspecified atom stereocenters. The van der Waals surface area contributed by atoms with Crippen LogP contribution < -0.4 is 40.2 Å². The van der Waals surface area contributed by atoms with Crippen LogP contribution in [0.1, 0.15) is 190 Å².